The van der Waals surface area contributed by atoms with Crippen LogP contribution in [0.25, 0.3) is 0 Å². The van der Waals surface area contributed by atoms with Crippen molar-refractivity contribution < 1.29 is 4.79 Å². The highest BCUT2D eigenvalue weighted by Gasteiger charge is 2.17. The molecule has 1 unspecified atom stereocenters. The van der Waals surface area contributed by atoms with Crippen LogP contribution >= 0.6 is 12.2 Å². The number of benzene rings is 1. The summed E-state index contributed by atoms with van der Waals surface area (Å²) in [5, 5.41) is 10.0. The number of carbonyl (C=O) groups is 1. The van der Waals surface area contributed by atoms with Crippen LogP contribution in [0.4, 0.5) is 0 Å². The minimum Gasteiger partial charge on any atom is -0.354 e. The summed E-state index contributed by atoms with van der Waals surface area (Å²) in [4.78, 5) is 12.4. The van der Waals surface area contributed by atoms with E-state index in [1.54, 1.807) is 4.57 Å². The molecule has 2 aromatic rings. The second kappa shape index (κ2) is 8.78. The van der Waals surface area contributed by atoms with Gasteiger partial charge in [0.05, 0.1) is 0 Å². The molecule has 1 aromatic heterocycles. The van der Waals surface area contributed by atoms with Crippen LogP contribution in [0.5, 0.6) is 0 Å². The highest BCUT2D eigenvalue weighted by Crippen LogP contribution is 2.23. The lowest BCUT2D eigenvalue weighted by Crippen LogP contribution is -2.33. The molecule has 1 heterocycles. The predicted octanol–water partition coefficient (Wildman–Crippen LogP) is 3.45. The molecule has 0 saturated carbocycles. The molecule has 0 bridgehead atoms. The standard InChI is InChI=1S/C18H26N4OS/c1-4-8-16-20-21-18(24)22(16)12-17(23)19-11-15(13(2)3)14-9-6-5-7-10-14/h5-7,9-10,13,15H,4,8,11-12H2,1-3H3,(H,19,23)(H,21,24). The van der Waals surface area contributed by atoms with Gasteiger partial charge in [0, 0.05) is 18.9 Å². The SMILES string of the molecule is CCCc1n[nH]c(=S)n1CC(=O)NCC(c1ccccc1)C(C)C. The minimum atomic E-state index is -0.0357. The molecule has 1 aromatic carbocycles. The third kappa shape index (κ3) is 4.77. The summed E-state index contributed by atoms with van der Waals surface area (Å²) in [6.45, 7) is 7.26. The molecule has 0 aliphatic rings. The lowest BCUT2D eigenvalue weighted by molar-refractivity contribution is -0.121. The van der Waals surface area contributed by atoms with E-state index in [-0.39, 0.29) is 12.5 Å². The molecule has 130 valence electrons. The molecule has 0 aliphatic heterocycles. The summed E-state index contributed by atoms with van der Waals surface area (Å²) < 4.78 is 2.28. The van der Waals surface area contributed by atoms with E-state index in [2.05, 4.69) is 48.4 Å². The first-order valence-electron chi connectivity index (χ1n) is 8.48. The Morgan fingerprint density at radius 2 is 2.04 bits per heavy atom. The molecule has 2 N–H and O–H groups in total. The predicted molar refractivity (Wildman–Crippen MR) is 98.4 cm³/mol. The van der Waals surface area contributed by atoms with Gasteiger partial charge < -0.3 is 5.32 Å². The number of nitrogens with zero attached hydrogens (tertiary/aromatic N) is 2. The van der Waals surface area contributed by atoms with E-state index in [4.69, 9.17) is 12.2 Å². The van der Waals surface area contributed by atoms with Gasteiger partial charge in [-0.05, 0) is 30.1 Å². The first-order chi connectivity index (χ1) is 11.5. The number of H-pyrrole nitrogens is 1. The number of hydrogen-bond donors (Lipinski definition) is 2. The van der Waals surface area contributed by atoms with Gasteiger partial charge in [-0.2, -0.15) is 5.10 Å². The Kier molecular flexibility index (Phi) is 6.73. The number of rotatable bonds is 8. The lowest BCUT2D eigenvalue weighted by atomic mass is 9.88. The number of nitrogens with one attached hydrogen (secondary N) is 2. The molecular weight excluding hydrogens is 320 g/mol. The highest BCUT2D eigenvalue weighted by atomic mass is 32.1. The zero-order valence-corrected chi connectivity index (χ0v) is 15.4. The van der Waals surface area contributed by atoms with Crippen LogP contribution in [-0.4, -0.2) is 27.2 Å². The van der Waals surface area contributed by atoms with Crippen LogP contribution in [-0.2, 0) is 17.8 Å². The molecule has 24 heavy (non-hydrogen) atoms. The van der Waals surface area contributed by atoms with Crippen molar-refractivity contribution >= 4 is 18.1 Å². The van der Waals surface area contributed by atoms with Gasteiger partial charge in [-0.25, -0.2) is 0 Å². The second-order valence-electron chi connectivity index (χ2n) is 6.35. The van der Waals surface area contributed by atoms with Gasteiger partial charge in [0.1, 0.15) is 12.4 Å². The number of aryl methyl sites for hydroxylation is 1. The van der Waals surface area contributed by atoms with E-state index >= 15 is 0 Å². The molecule has 0 aliphatic carbocycles. The van der Waals surface area contributed by atoms with E-state index in [0.29, 0.717) is 23.2 Å². The van der Waals surface area contributed by atoms with Gasteiger partial charge in [0.15, 0.2) is 4.77 Å². The molecule has 5 nitrogen and oxygen atoms in total. The van der Waals surface area contributed by atoms with Gasteiger partial charge in [-0.15, -0.1) is 0 Å². The van der Waals surface area contributed by atoms with Crippen molar-refractivity contribution in [3.8, 4) is 0 Å². The van der Waals surface area contributed by atoms with Crippen molar-refractivity contribution in [1.82, 2.24) is 20.1 Å². The third-order valence-corrected chi connectivity index (χ3v) is 4.48. The summed E-state index contributed by atoms with van der Waals surface area (Å²) >= 11 is 5.22. The first-order valence-corrected chi connectivity index (χ1v) is 8.89. The topological polar surface area (TPSA) is 62.7 Å². The highest BCUT2D eigenvalue weighted by molar-refractivity contribution is 7.71. The van der Waals surface area contributed by atoms with Crippen LogP contribution in [0.2, 0.25) is 0 Å². The van der Waals surface area contributed by atoms with Gasteiger partial charge in [-0.1, -0.05) is 51.1 Å². The van der Waals surface area contributed by atoms with Crippen LogP contribution < -0.4 is 5.32 Å². The molecular formula is C18H26N4OS. The van der Waals surface area contributed by atoms with Crippen LogP contribution in [0.1, 0.15) is 44.5 Å². The first kappa shape index (κ1) is 18.4. The third-order valence-electron chi connectivity index (χ3n) is 4.16. The van der Waals surface area contributed by atoms with Crippen LogP contribution in [0.15, 0.2) is 30.3 Å². The molecule has 2 rings (SSSR count). The van der Waals surface area contributed by atoms with Gasteiger partial charge in [0.2, 0.25) is 5.91 Å². The monoisotopic (exact) mass is 346 g/mol. The zero-order valence-electron chi connectivity index (χ0n) is 14.6. The lowest BCUT2D eigenvalue weighted by Gasteiger charge is -2.22. The van der Waals surface area contributed by atoms with E-state index in [9.17, 15) is 4.79 Å². The molecule has 6 heteroatoms. The maximum atomic E-state index is 12.4. The van der Waals surface area contributed by atoms with Crippen molar-refractivity contribution in [3.05, 3.63) is 46.5 Å². The van der Waals surface area contributed by atoms with E-state index in [0.717, 1.165) is 18.7 Å². The maximum Gasteiger partial charge on any atom is 0.240 e. The number of carbonyl (C=O) groups excluding carboxylic acids is 1. The number of hydrogen-bond acceptors (Lipinski definition) is 3. The van der Waals surface area contributed by atoms with Crippen molar-refractivity contribution in [2.24, 2.45) is 5.92 Å². The van der Waals surface area contributed by atoms with Crippen LogP contribution in [0.3, 0.4) is 0 Å². The number of aromatic amines is 1. The fourth-order valence-electron chi connectivity index (χ4n) is 2.79. The zero-order chi connectivity index (χ0) is 17.5. The van der Waals surface area contributed by atoms with Crippen molar-refractivity contribution in [2.45, 2.75) is 46.1 Å². The summed E-state index contributed by atoms with van der Waals surface area (Å²) in [5.41, 5.74) is 1.25. The van der Waals surface area contributed by atoms with Gasteiger partial charge in [0.25, 0.3) is 0 Å². The summed E-state index contributed by atoms with van der Waals surface area (Å²) in [6.07, 6.45) is 1.77. The smallest absolute Gasteiger partial charge is 0.240 e. The Morgan fingerprint density at radius 1 is 1.33 bits per heavy atom. The second-order valence-corrected chi connectivity index (χ2v) is 6.73. The molecule has 1 atom stereocenters. The largest absolute Gasteiger partial charge is 0.354 e. The molecule has 1 amide bonds. The van der Waals surface area contributed by atoms with E-state index in [1.807, 2.05) is 18.2 Å². The summed E-state index contributed by atoms with van der Waals surface area (Å²) in [7, 11) is 0. The fraction of sp³-hybridized carbons (Fsp3) is 0.500. The minimum absolute atomic E-state index is 0.0357. The Balaban J connectivity index is 1.99. The van der Waals surface area contributed by atoms with Crippen molar-refractivity contribution in [2.75, 3.05) is 6.54 Å². The number of aromatic nitrogens is 3. The molecule has 0 fully saturated rings. The maximum absolute atomic E-state index is 12.4. The van der Waals surface area contributed by atoms with Crippen molar-refractivity contribution in [3.63, 3.8) is 0 Å². The Morgan fingerprint density at radius 3 is 2.67 bits per heavy atom. The van der Waals surface area contributed by atoms with Crippen molar-refractivity contribution in [1.29, 1.82) is 0 Å². The van der Waals surface area contributed by atoms with E-state index in [1.165, 1.54) is 5.56 Å². The van der Waals surface area contributed by atoms with Crippen LogP contribution in [0, 0.1) is 10.7 Å². The Bertz CT molecular complexity index is 705. The quantitative estimate of drug-likeness (QED) is 0.720. The molecule has 0 spiro atoms. The van der Waals surface area contributed by atoms with Gasteiger partial charge in [-0.3, -0.25) is 14.5 Å². The fourth-order valence-corrected chi connectivity index (χ4v) is 3.01. The average molecular weight is 347 g/mol. The Hall–Kier alpha value is -1.95. The number of amides is 1. The summed E-state index contributed by atoms with van der Waals surface area (Å²) in [6, 6.07) is 10.3. The summed E-state index contributed by atoms with van der Waals surface area (Å²) in [5.74, 6) is 1.54. The van der Waals surface area contributed by atoms with E-state index < -0.39 is 0 Å². The molecule has 0 saturated heterocycles. The molecule has 0 radical (unpaired) electrons. The Labute approximate surface area is 148 Å². The average Bonchev–Trinajstić information content (AvgIpc) is 2.89. The normalized spacial score (nSPS) is 12.3. The van der Waals surface area contributed by atoms with Gasteiger partial charge >= 0.3 is 0 Å².